The van der Waals surface area contributed by atoms with Crippen molar-refractivity contribution >= 4 is 0 Å². The van der Waals surface area contributed by atoms with E-state index in [1.807, 2.05) is 26.0 Å². The Labute approximate surface area is 109 Å². The summed E-state index contributed by atoms with van der Waals surface area (Å²) in [7, 11) is 0. The molecule has 100 valence electrons. The van der Waals surface area contributed by atoms with Crippen LogP contribution in [0.15, 0.2) is 18.2 Å². The van der Waals surface area contributed by atoms with Gasteiger partial charge in [0.05, 0.1) is 19.3 Å². The first kappa shape index (κ1) is 13.5. The fourth-order valence-corrected chi connectivity index (χ4v) is 2.39. The molecule has 0 saturated carbocycles. The molecular weight excluding hydrogens is 228 g/mol. The fraction of sp³-hybridized carbons (Fsp3) is 0.600. The van der Waals surface area contributed by atoms with E-state index >= 15 is 0 Å². The zero-order chi connectivity index (χ0) is 13.0. The smallest absolute Gasteiger partial charge is 0.102 e. The molecule has 1 N–H and O–H groups in total. The van der Waals surface area contributed by atoms with Crippen molar-refractivity contribution < 1.29 is 14.6 Å². The van der Waals surface area contributed by atoms with Gasteiger partial charge >= 0.3 is 0 Å². The first-order valence-corrected chi connectivity index (χ1v) is 6.61. The Morgan fingerprint density at radius 2 is 2.06 bits per heavy atom. The molecule has 1 aromatic carbocycles. The van der Waals surface area contributed by atoms with Crippen LogP contribution >= 0.6 is 0 Å². The number of aryl methyl sites for hydroxylation is 2. The molecule has 1 aromatic rings. The average Bonchev–Trinajstić information content (AvgIpc) is 2.80. The van der Waals surface area contributed by atoms with E-state index in [4.69, 9.17) is 9.47 Å². The largest absolute Gasteiger partial charge is 0.386 e. The van der Waals surface area contributed by atoms with Gasteiger partial charge in [0.1, 0.15) is 6.10 Å². The fourth-order valence-electron chi connectivity index (χ4n) is 2.39. The minimum absolute atomic E-state index is 0.219. The van der Waals surface area contributed by atoms with E-state index in [1.165, 1.54) is 11.1 Å². The normalized spacial score (nSPS) is 21.2. The molecule has 0 spiro atoms. The standard InChI is InChI=1S/C15H22O3/c1-11-6-12(2)8-13(7-11)15(16)10-17-9-14-4-3-5-18-14/h6-8,14-16H,3-5,9-10H2,1-2H3. The minimum atomic E-state index is -0.551. The van der Waals surface area contributed by atoms with Gasteiger partial charge in [0.25, 0.3) is 0 Å². The Morgan fingerprint density at radius 1 is 1.33 bits per heavy atom. The van der Waals surface area contributed by atoms with Gasteiger partial charge < -0.3 is 14.6 Å². The lowest BCUT2D eigenvalue weighted by Crippen LogP contribution is -2.17. The van der Waals surface area contributed by atoms with Crippen LogP contribution in [-0.4, -0.2) is 31.0 Å². The van der Waals surface area contributed by atoms with E-state index in [0.29, 0.717) is 13.2 Å². The summed E-state index contributed by atoms with van der Waals surface area (Å²) in [5, 5.41) is 10.1. The number of hydrogen-bond acceptors (Lipinski definition) is 3. The second-order valence-corrected chi connectivity index (χ2v) is 5.11. The highest BCUT2D eigenvalue weighted by atomic mass is 16.5. The third kappa shape index (κ3) is 3.80. The number of ether oxygens (including phenoxy) is 2. The lowest BCUT2D eigenvalue weighted by molar-refractivity contribution is -0.0176. The molecule has 18 heavy (non-hydrogen) atoms. The van der Waals surface area contributed by atoms with E-state index in [1.54, 1.807) is 0 Å². The molecule has 1 heterocycles. The van der Waals surface area contributed by atoms with Crippen molar-refractivity contribution in [2.45, 2.75) is 38.9 Å². The topological polar surface area (TPSA) is 38.7 Å². The minimum Gasteiger partial charge on any atom is -0.386 e. The van der Waals surface area contributed by atoms with Gasteiger partial charge in [0, 0.05) is 6.61 Å². The van der Waals surface area contributed by atoms with E-state index in [9.17, 15) is 5.11 Å². The first-order chi connectivity index (χ1) is 8.65. The van der Waals surface area contributed by atoms with Crippen LogP contribution in [0.1, 0.15) is 35.6 Å². The van der Waals surface area contributed by atoms with Gasteiger partial charge in [-0.2, -0.15) is 0 Å². The van der Waals surface area contributed by atoms with Gasteiger partial charge in [0.15, 0.2) is 0 Å². The number of aliphatic hydroxyl groups excluding tert-OH is 1. The van der Waals surface area contributed by atoms with Crippen LogP contribution in [0, 0.1) is 13.8 Å². The maximum atomic E-state index is 10.1. The highest BCUT2D eigenvalue weighted by Gasteiger charge is 2.16. The summed E-state index contributed by atoms with van der Waals surface area (Å²) in [6.07, 6.45) is 1.86. The van der Waals surface area contributed by atoms with Crippen molar-refractivity contribution in [2.75, 3.05) is 19.8 Å². The van der Waals surface area contributed by atoms with Gasteiger partial charge in [0.2, 0.25) is 0 Å². The summed E-state index contributed by atoms with van der Waals surface area (Å²) in [5.41, 5.74) is 3.27. The summed E-state index contributed by atoms with van der Waals surface area (Å²) in [5.74, 6) is 0. The molecule has 1 aliphatic rings. The van der Waals surface area contributed by atoms with Crippen molar-refractivity contribution in [1.29, 1.82) is 0 Å². The molecule has 0 aromatic heterocycles. The molecule has 1 aliphatic heterocycles. The van der Waals surface area contributed by atoms with Crippen LogP contribution < -0.4 is 0 Å². The highest BCUT2D eigenvalue weighted by molar-refractivity contribution is 5.29. The Hall–Kier alpha value is -0.900. The molecule has 2 atom stereocenters. The van der Waals surface area contributed by atoms with Gasteiger partial charge in [-0.1, -0.05) is 29.3 Å². The summed E-state index contributed by atoms with van der Waals surface area (Å²) in [6.45, 7) is 5.84. The molecule has 3 nitrogen and oxygen atoms in total. The van der Waals surface area contributed by atoms with Gasteiger partial charge in [-0.25, -0.2) is 0 Å². The summed E-state index contributed by atoms with van der Waals surface area (Å²) >= 11 is 0. The third-order valence-electron chi connectivity index (χ3n) is 3.23. The molecule has 0 amide bonds. The number of hydrogen-bond donors (Lipinski definition) is 1. The third-order valence-corrected chi connectivity index (χ3v) is 3.23. The Bertz CT molecular complexity index is 363. The van der Waals surface area contributed by atoms with Crippen LogP contribution in [0.25, 0.3) is 0 Å². The Morgan fingerprint density at radius 3 is 2.67 bits per heavy atom. The van der Waals surface area contributed by atoms with Crippen molar-refractivity contribution in [1.82, 2.24) is 0 Å². The quantitative estimate of drug-likeness (QED) is 0.872. The van der Waals surface area contributed by atoms with Gasteiger partial charge in [-0.3, -0.25) is 0 Å². The van der Waals surface area contributed by atoms with Crippen LogP contribution in [0.5, 0.6) is 0 Å². The van der Waals surface area contributed by atoms with Crippen LogP contribution in [0.3, 0.4) is 0 Å². The maximum Gasteiger partial charge on any atom is 0.102 e. The molecule has 2 rings (SSSR count). The Kier molecular flexibility index (Phi) is 4.75. The van der Waals surface area contributed by atoms with Crippen LogP contribution in [0.4, 0.5) is 0 Å². The highest BCUT2D eigenvalue weighted by Crippen LogP contribution is 2.18. The molecule has 1 saturated heterocycles. The molecular formula is C15H22O3. The van der Waals surface area contributed by atoms with Crippen molar-refractivity contribution in [3.8, 4) is 0 Å². The van der Waals surface area contributed by atoms with E-state index < -0.39 is 6.10 Å². The summed E-state index contributed by atoms with van der Waals surface area (Å²) < 4.78 is 11.0. The van der Waals surface area contributed by atoms with Crippen LogP contribution in [-0.2, 0) is 9.47 Å². The monoisotopic (exact) mass is 250 g/mol. The number of rotatable bonds is 5. The van der Waals surface area contributed by atoms with Gasteiger partial charge in [-0.15, -0.1) is 0 Å². The van der Waals surface area contributed by atoms with E-state index in [0.717, 1.165) is 25.0 Å². The zero-order valence-corrected chi connectivity index (χ0v) is 11.2. The maximum absolute atomic E-state index is 10.1. The molecule has 0 bridgehead atoms. The first-order valence-electron chi connectivity index (χ1n) is 6.61. The molecule has 1 fully saturated rings. The van der Waals surface area contributed by atoms with Crippen molar-refractivity contribution in [3.63, 3.8) is 0 Å². The van der Waals surface area contributed by atoms with E-state index in [2.05, 4.69) is 6.07 Å². The lowest BCUT2D eigenvalue weighted by Gasteiger charge is -2.15. The summed E-state index contributed by atoms with van der Waals surface area (Å²) in [4.78, 5) is 0. The molecule has 2 unspecified atom stereocenters. The SMILES string of the molecule is Cc1cc(C)cc(C(O)COCC2CCCO2)c1. The van der Waals surface area contributed by atoms with Crippen molar-refractivity contribution in [2.24, 2.45) is 0 Å². The predicted molar refractivity (Wildman–Crippen MR) is 70.7 cm³/mol. The number of aliphatic hydroxyl groups is 1. The summed E-state index contributed by atoms with van der Waals surface area (Å²) in [6, 6.07) is 6.11. The predicted octanol–water partition coefficient (Wildman–Crippen LogP) is 2.53. The lowest BCUT2D eigenvalue weighted by atomic mass is 10.0. The van der Waals surface area contributed by atoms with E-state index in [-0.39, 0.29) is 6.10 Å². The molecule has 0 radical (unpaired) electrons. The average molecular weight is 250 g/mol. The van der Waals surface area contributed by atoms with Gasteiger partial charge in [-0.05, 0) is 32.3 Å². The number of benzene rings is 1. The second-order valence-electron chi connectivity index (χ2n) is 5.11. The van der Waals surface area contributed by atoms with Crippen LogP contribution in [0.2, 0.25) is 0 Å². The Balaban J connectivity index is 1.81. The zero-order valence-electron chi connectivity index (χ0n) is 11.2. The van der Waals surface area contributed by atoms with Crippen molar-refractivity contribution in [3.05, 3.63) is 34.9 Å². The second kappa shape index (κ2) is 6.32. The molecule has 0 aliphatic carbocycles. The molecule has 3 heteroatoms.